The molecule has 0 spiro atoms. The van der Waals surface area contributed by atoms with Gasteiger partial charge in [-0.3, -0.25) is 9.36 Å². The largest absolute Gasteiger partial charge is 0.462 e. The smallest absolute Gasteiger partial charge is 0.333 e. The third-order valence-corrected chi connectivity index (χ3v) is 2.11. The van der Waals surface area contributed by atoms with Gasteiger partial charge in [0.15, 0.2) is 0 Å². The van der Waals surface area contributed by atoms with Gasteiger partial charge < -0.3 is 14.5 Å². The molecule has 0 aromatic carbocycles. The second-order valence-electron chi connectivity index (χ2n) is 3.03. The summed E-state index contributed by atoms with van der Waals surface area (Å²) in [6.45, 7) is 4.60. The predicted octanol–water partition coefficient (Wildman–Crippen LogP) is 0.243. The molecule has 6 nitrogen and oxygen atoms in total. The second-order valence-corrected chi connectivity index (χ2v) is 4.67. The number of hydrogen-bond acceptors (Lipinski definition) is 4. The number of hydrogen-bond donors (Lipinski definition) is 2. The number of carbonyl (C=O) groups is 2. The Bertz CT molecular complexity index is 315. The van der Waals surface area contributed by atoms with Crippen molar-refractivity contribution in [1.82, 2.24) is 0 Å². The fourth-order valence-electron chi connectivity index (χ4n) is 0.690. The van der Waals surface area contributed by atoms with Gasteiger partial charge in [-0.25, -0.2) is 4.79 Å². The average molecular weight is 236 g/mol. The Labute approximate surface area is 87.1 Å². The summed E-state index contributed by atoms with van der Waals surface area (Å²) in [7, 11) is -4.31. The highest BCUT2D eigenvalue weighted by molar-refractivity contribution is 7.52. The molecular weight excluding hydrogens is 223 g/mol. The van der Waals surface area contributed by atoms with Crippen LogP contribution in [0.4, 0.5) is 0 Å². The van der Waals surface area contributed by atoms with Gasteiger partial charge in [0, 0.05) is 12.0 Å². The molecule has 0 aromatic heterocycles. The van der Waals surface area contributed by atoms with Gasteiger partial charge in [-0.15, -0.1) is 0 Å². The monoisotopic (exact) mass is 236 g/mol. The SMILES string of the molecule is C=C(C)C(=O)OCCC(=O)CP(=O)(O)O. The molecule has 15 heavy (non-hydrogen) atoms. The van der Waals surface area contributed by atoms with Crippen molar-refractivity contribution >= 4 is 19.3 Å². The van der Waals surface area contributed by atoms with E-state index in [4.69, 9.17) is 9.79 Å². The normalized spacial score (nSPS) is 10.9. The molecule has 0 aliphatic carbocycles. The lowest BCUT2D eigenvalue weighted by Crippen LogP contribution is -2.12. The van der Waals surface area contributed by atoms with Crippen LogP contribution in [-0.2, 0) is 18.9 Å². The first kappa shape index (κ1) is 14.0. The van der Waals surface area contributed by atoms with Crippen molar-refractivity contribution in [1.29, 1.82) is 0 Å². The van der Waals surface area contributed by atoms with E-state index in [2.05, 4.69) is 11.3 Å². The number of esters is 1. The van der Waals surface area contributed by atoms with Gasteiger partial charge in [0.25, 0.3) is 0 Å². The molecule has 0 amide bonds. The van der Waals surface area contributed by atoms with Crippen molar-refractivity contribution in [2.24, 2.45) is 0 Å². The van der Waals surface area contributed by atoms with Gasteiger partial charge in [0.1, 0.15) is 11.9 Å². The molecule has 0 unspecified atom stereocenters. The van der Waals surface area contributed by atoms with Crippen LogP contribution in [0, 0.1) is 0 Å². The minimum absolute atomic E-state index is 0.190. The number of rotatable bonds is 6. The first-order valence-electron chi connectivity index (χ1n) is 4.11. The average Bonchev–Trinajstić information content (AvgIpc) is 2.00. The molecule has 0 rings (SSSR count). The Morgan fingerprint density at radius 2 is 1.93 bits per heavy atom. The summed E-state index contributed by atoms with van der Waals surface area (Å²) in [6, 6.07) is 0. The topological polar surface area (TPSA) is 101 Å². The number of ketones is 1. The summed E-state index contributed by atoms with van der Waals surface area (Å²) in [5.74, 6) is -1.27. The van der Waals surface area contributed by atoms with Crippen molar-refractivity contribution in [2.45, 2.75) is 13.3 Å². The molecule has 0 atom stereocenters. The summed E-state index contributed by atoms with van der Waals surface area (Å²) < 4.78 is 15.0. The minimum atomic E-state index is -4.31. The second kappa shape index (κ2) is 5.80. The van der Waals surface area contributed by atoms with E-state index in [1.807, 2.05) is 0 Å². The van der Waals surface area contributed by atoms with Crippen LogP contribution < -0.4 is 0 Å². The maximum absolute atomic E-state index is 10.9. The van der Waals surface area contributed by atoms with Crippen LogP contribution in [0.5, 0.6) is 0 Å². The van der Waals surface area contributed by atoms with E-state index >= 15 is 0 Å². The lowest BCUT2D eigenvalue weighted by Gasteiger charge is -2.04. The minimum Gasteiger partial charge on any atom is -0.462 e. The Balaban J connectivity index is 3.79. The van der Waals surface area contributed by atoms with Crippen LogP contribution in [0.15, 0.2) is 12.2 Å². The molecule has 0 aliphatic rings. The molecule has 0 aromatic rings. The van der Waals surface area contributed by atoms with E-state index in [0.717, 1.165) is 0 Å². The van der Waals surface area contributed by atoms with Crippen LogP contribution in [-0.4, -0.2) is 34.3 Å². The van der Waals surface area contributed by atoms with Crippen molar-refractivity contribution in [2.75, 3.05) is 12.8 Å². The number of ether oxygens (including phenoxy) is 1. The predicted molar refractivity (Wildman–Crippen MR) is 52.3 cm³/mol. The molecule has 0 heterocycles. The van der Waals surface area contributed by atoms with E-state index < -0.39 is 25.5 Å². The Hall–Kier alpha value is -0.970. The van der Waals surface area contributed by atoms with E-state index in [1.165, 1.54) is 6.92 Å². The van der Waals surface area contributed by atoms with E-state index in [9.17, 15) is 14.2 Å². The summed E-state index contributed by atoms with van der Waals surface area (Å²) in [4.78, 5) is 38.6. The summed E-state index contributed by atoms with van der Waals surface area (Å²) >= 11 is 0. The van der Waals surface area contributed by atoms with Gasteiger partial charge in [-0.2, -0.15) is 0 Å². The van der Waals surface area contributed by atoms with Crippen LogP contribution in [0.1, 0.15) is 13.3 Å². The maximum Gasteiger partial charge on any atom is 0.333 e. The van der Waals surface area contributed by atoms with Gasteiger partial charge in [-0.05, 0) is 6.92 Å². The van der Waals surface area contributed by atoms with Gasteiger partial charge in [-0.1, -0.05) is 6.58 Å². The maximum atomic E-state index is 10.9. The summed E-state index contributed by atoms with van der Waals surface area (Å²) in [5.41, 5.74) is 0.206. The van der Waals surface area contributed by atoms with Crippen LogP contribution >= 0.6 is 7.60 Å². The van der Waals surface area contributed by atoms with Gasteiger partial charge >= 0.3 is 13.6 Å². The van der Waals surface area contributed by atoms with Gasteiger partial charge in [0.2, 0.25) is 0 Å². The van der Waals surface area contributed by atoms with E-state index in [0.29, 0.717) is 0 Å². The van der Waals surface area contributed by atoms with Gasteiger partial charge in [0.05, 0.1) is 6.61 Å². The first-order chi connectivity index (χ1) is 6.72. The standard InChI is InChI=1S/C8H13O6P/c1-6(2)8(10)14-4-3-7(9)5-15(11,12)13/h1,3-5H2,2H3,(H2,11,12,13). The molecular formula is C8H13O6P. The first-order valence-corrected chi connectivity index (χ1v) is 5.91. The zero-order chi connectivity index (χ0) is 12.1. The fraction of sp³-hybridized carbons (Fsp3) is 0.500. The van der Waals surface area contributed by atoms with Crippen LogP contribution in [0.2, 0.25) is 0 Å². The quantitative estimate of drug-likeness (QED) is 0.389. The van der Waals surface area contributed by atoms with E-state index in [1.54, 1.807) is 0 Å². The molecule has 0 radical (unpaired) electrons. The Morgan fingerprint density at radius 3 is 2.33 bits per heavy atom. The lowest BCUT2D eigenvalue weighted by molar-refractivity contribution is -0.139. The molecule has 7 heteroatoms. The highest BCUT2D eigenvalue weighted by atomic mass is 31.2. The third-order valence-electron chi connectivity index (χ3n) is 1.34. The molecule has 86 valence electrons. The van der Waals surface area contributed by atoms with Crippen molar-refractivity contribution < 1.29 is 28.7 Å². The number of carbonyl (C=O) groups excluding carboxylic acids is 2. The van der Waals surface area contributed by atoms with Crippen molar-refractivity contribution in [3.8, 4) is 0 Å². The Kier molecular flexibility index (Phi) is 5.43. The zero-order valence-corrected chi connectivity index (χ0v) is 9.20. The fourth-order valence-corrected chi connectivity index (χ4v) is 1.31. The molecule has 0 saturated carbocycles. The summed E-state index contributed by atoms with van der Waals surface area (Å²) in [6.07, 6.45) is -1.03. The lowest BCUT2D eigenvalue weighted by atomic mass is 10.3. The van der Waals surface area contributed by atoms with E-state index in [-0.39, 0.29) is 18.6 Å². The molecule has 0 aliphatic heterocycles. The Morgan fingerprint density at radius 1 is 1.40 bits per heavy atom. The van der Waals surface area contributed by atoms with Crippen molar-refractivity contribution in [3.05, 3.63) is 12.2 Å². The molecule has 0 fully saturated rings. The number of Topliss-reactive ketones (excluding diaryl/α,β-unsaturated/α-hetero) is 1. The molecule has 0 bridgehead atoms. The van der Waals surface area contributed by atoms with Crippen molar-refractivity contribution in [3.63, 3.8) is 0 Å². The van der Waals surface area contributed by atoms with Crippen LogP contribution in [0.25, 0.3) is 0 Å². The highest BCUT2D eigenvalue weighted by Crippen LogP contribution is 2.34. The molecule has 0 saturated heterocycles. The highest BCUT2D eigenvalue weighted by Gasteiger charge is 2.18. The third kappa shape index (κ3) is 8.05. The van der Waals surface area contributed by atoms with Crippen LogP contribution in [0.3, 0.4) is 0 Å². The zero-order valence-electron chi connectivity index (χ0n) is 8.30. The molecule has 2 N–H and O–H groups in total. The summed E-state index contributed by atoms with van der Waals surface area (Å²) in [5, 5.41) is 0.